The lowest BCUT2D eigenvalue weighted by molar-refractivity contribution is -0.142. The molecular formula is C25H30F5N5O3S. The van der Waals surface area contributed by atoms with E-state index in [1.165, 1.54) is 26.1 Å². The summed E-state index contributed by atoms with van der Waals surface area (Å²) in [6, 6.07) is -1.45. The summed E-state index contributed by atoms with van der Waals surface area (Å²) in [6.45, 7) is 3.71. The molecule has 0 radical (unpaired) electrons. The summed E-state index contributed by atoms with van der Waals surface area (Å²) in [4.78, 5) is 36.0. The van der Waals surface area contributed by atoms with Crippen LogP contribution >= 0.6 is 11.3 Å². The number of nitrogens with one attached hydrogen (secondary N) is 2. The van der Waals surface area contributed by atoms with E-state index in [2.05, 4.69) is 20.6 Å². The zero-order valence-corrected chi connectivity index (χ0v) is 22.4. The first kappa shape index (κ1) is 29.1. The summed E-state index contributed by atoms with van der Waals surface area (Å²) in [6.07, 6.45) is -2.95. The number of alkyl halides is 5. The molecule has 1 aliphatic heterocycles. The first-order valence-corrected chi connectivity index (χ1v) is 13.5. The van der Waals surface area contributed by atoms with Crippen molar-refractivity contribution in [2.24, 2.45) is 0 Å². The van der Waals surface area contributed by atoms with E-state index in [-0.39, 0.29) is 33.9 Å². The molecular weight excluding hydrogens is 545 g/mol. The summed E-state index contributed by atoms with van der Waals surface area (Å²) in [7, 11) is 0. The normalized spacial score (nSPS) is 23.6. The standard InChI is InChI=1S/C25H30F5N5O3S/c1-4-17(25(28,29)30)33-18-7-12(2)16(10-31-18)20-19(23(38)35-11-24(26,27)9-13(35)3)34-22(39-20)21(37)32-14-5-6-15(36)8-14/h7,10,13-15,17,36H,4-6,8-9,11H2,1-3H3,(H,31,33)(H,32,37)/t13-,14+,15+,17-/m0/s1. The number of amides is 2. The second kappa shape index (κ2) is 11.0. The minimum atomic E-state index is -4.48. The molecule has 2 amide bonds. The van der Waals surface area contributed by atoms with Crippen molar-refractivity contribution in [2.45, 2.75) is 89.2 Å². The predicted molar refractivity (Wildman–Crippen MR) is 135 cm³/mol. The quantitative estimate of drug-likeness (QED) is 0.411. The van der Waals surface area contributed by atoms with Crippen molar-refractivity contribution in [1.29, 1.82) is 0 Å². The van der Waals surface area contributed by atoms with E-state index in [9.17, 15) is 36.6 Å². The number of hydrogen-bond acceptors (Lipinski definition) is 7. The average Bonchev–Trinajstić information content (AvgIpc) is 3.52. The Balaban J connectivity index is 1.68. The van der Waals surface area contributed by atoms with Gasteiger partial charge in [0.1, 0.15) is 17.6 Å². The van der Waals surface area contributed by atoms with Gasteiger partial charge in [0.2, 0.25) is 0 Å². The highest BCUT2D eigenvalue weighted by molar-refractivity contribution is 7.17. The van der Waals surface area contributed by atoms with Gasteiger partial charge in [0.15, 0.2) is 5.01 Å². The van der Waals surface area contributed by atoms with Crippen molar-refractivity contribution >= 4 is 29.0 Å². The zero-order valence-electron chi connectivity index (χ0n) is 21.6. The van der Waals surface area contributed by atoms with Gasteiger partial charge in [-0.15, -0.1) is 11.3 Å². The molecule has 1 saturated heterocycles. The molecule has 2 fully saturated rings. The van der Waals surface area contributed by atoms with Crippen LogP contribution in [0.15, 0.2) is 12.3 Å². The number of likely N-dealkylation sites (tertiary alicyclic amines) is 1. The minimum absolute atomic E-state index is 0.0246. The molecule has 0 spiro atoms. The highest BCUT2D eigenvalue weighted by Gasteiger charge is 2.46. The maximum Gasteiger partial charge on any atom is 0.408 e. The van der Waals surface area contributed by atoms with Crippen LogP contribution in [-0.2, 0) is 0 Å². The smallest absolute Gasteiger partial charge is 0.393 e. The molecule has 4 rings (SSSR count). The minimum Gasteiger partial charge on any atom is -0.393 e. The number of thiazole rings is 1. The van der Waals surface area contributed by atoms with Crippen LogP contribution in [0.3, 0.4) is 0 Å². The third-order valence-electron chi connectivity index (χ3n) is 7.03. The van der Waals surface area contributed by atoms with E-state index < -0.39 is 55.1 Å². The van der Waals surface area contributed by atoms with E-state index >= 15 is 0 Å². The second-order valence-electron chi connectivity index (χ2n) is 10.2. The van der Waals surface area contributed by atoms with Gasteiger partial charge in [-0.25, -0.2) is 18.7 Å². The van der Waals surface area contributed by atoms with Crippen LogP contribution in [-0.4, -0.2) is 74.7 Å². The van der Waals surface area contributed by atoms with E-state index in [4.69, 9.17) is 0 Å². The monoisotopic (exact) mass is 575 g/mol. The zero-order chi connectivity index (χ0) is 28.7. The number of rotatable bonds is 7. The van der Waals surface area contributed by atoms with Gasteiger partial charge < -0.3 is 20.6 Å². The number of nitrogens with zero attached hydrogens (tertiary/aromatic N) is 3. The third-order valence-corrected chi connectivity index (χ3v) is 8.12. The summed E-state index contributed by atoms with van der Waals surface area (Å²) >= 11 is 0.875. The SMILES string of the molecule is CC[C@H](Nc1cc(C)c(-c2sc(C(=O)N[C@@H]3CC[C@@H](O)C3)nc2C(=O)N2CC(F)(F)C[C@@H]2C)cn1)C(F)(F)F. The number of carbonyl (C=O) groups is 2. The maximum absolute atomic E-state index is 14.1. The molecule has 3 N–H and O–H groups in total. The Hall–Kier alpha value is -2.87. The highest BCUT2D eigenvalue weighted by atomic mass is 32.1. The number of aromatic nitrogens is 2. The van der Waals surface area contributed by atoms with Gasteiger partial charge in [0.05, 0.1) is 17.5 Å². The molecule has 1 aliphatic carbocycles. The number of aliphatic hydroxyl groups is 1. The number of anilines is 1. The molecule has 3 heterocycles. The van der Waals surface area contributed by atoms with Gasteiger partial charge in [-0.1, -0.05) is 6.92 Å². The molecule has 2 aromatic heterocycles. The lowest BCUT2D eigenvalue weighted by Crippen LogP contribution is -2.36. The molecule has 14 heteroatoms. The lowest BCUT2D eigenvalue weighted by atomic mass is 10.1. The van der Waals surface area contributed by atoms with Gasteiger partial charge in [-0.05, 0) is 51.2 Å². The number of halogens is 5. The molecule has 2 aromatic rings. The third kappa shape index (κ3) is 6.48. The fourth-order valence-corrected chi connectivity index (χ4v) is 6.00. The second-order valence-corrected chi connectivity index (χ2v) is 11.2. The number of carbonyl (C=O) groups excluding carboxylic acids is 2. The molecule has 214 valence electrons. The van der Waals surface area contributed by atoms with Crippen molar-refractivity contribution in [3.63, 3.8) is 0 Å². The summed E-state index contributed by atoms with van der Waals surface area (Å²) in [5.41, 5.74) is 0.594. The van der Waals surface area contributed by atoms with Gasteiger partial charge in [-0.2, -0.15) is 13.2 Å². The number of pyridine rings is 1. The van der Waals surface area contributed by atoms with Gasteiger partial charge in [-0.3, -0.25) is 9.59 Å². The van der Waals surface area contributed by atoms with E-state index in [0.29, 0.717) is 30.4 Å². The number of aryl methyl sites for hydroxylation is 1. The molecule has 0 unspecified atom stereocenters. The summed E-state index contributed by atoms with van der Waals surface area (Å²) in [5, 5.41) is 14.8. The van der Waals surface area contributed by atoms with Gasteiger partial charge in [0, 0.05) is 30.3 Å². The molecule has 1 saturated carbocycles. The van der Waals surface area contributed by atoms with Crippen LogP contribution in [0.1, 0.15) is 71.8 Å². The molecule has 0 aromatic carbocycles. The average molecular weight is 576 g/mol. The molecule has 2 aliphatic rings. The predicted octanol–water partition coefficient (Wildman–Crippen LogP) is 4.78. The number of hydrogen-bond donors (Lipinski definition) is 3. The Labute approximate surface area is 226 Å². The topological polar surface area (TPSA) is 107 Å². The lowest BCUT2D eigenvalue weighted by Gasteiger charge is -2.21. The summed E-state index contributed by atoms with van der Waals surface area (Å²) in [5.74, 6) is -4.43. The Morgan fingerprint density at radius 3 is 2.56 bits per heavy atom. The maximum atomic E-state index is 14.1. The summed E-state index contributed by atoms with van der Waals surface area (Å²) < 4.78 is 67.8. The Kier molecular flexibility index (Phi) is 8.18. The van der Waals surface area contributed by atoms with Crippen molar-refractivity contribution in [2.75, 3.05) is 11.9 Å². The number of aliphatic hydroxyl groups excluding tert-OH is 1. The Bertz CT molecular complexity index is 1240. The van der Waals surface area contributed by atoms with Gasteiger partial charge in [0.25, 0.3) is 17.7 Å². The fourth-order valence-electron chi connectivity index (χ4n) is 4.97. The first-order valence-electron chi connectivity index (χ1n) is 12.7. The Morgan fingerprint density at radius 1 is 1.31 bits per heavy atom. The van der Waals surface area contributed by atoms with Crippen molar-refractivity contribution in [1.82, 2.24) is 20.2 Å². The van der Waals surface area contributed by atoms with Gasteiger partial charge >= 0.3 is 6.18 Å². The molecule has 4 atom stereocenters. The molecule has 39 heavy (non-hydrogen) atoms. The largest absolute Gasteiger partial charge is 0.408 e. The van der Waals surface area contributed by atoms with E-state index in [0.717, 1.165) is 16.2 Å². The fraction of sp³-hybridized carbons (Fsp3) is 0.600. The Morgan fingerprint density at radius 2 is 2.03 bits per heavy atom. The van der Waals surface area contributed by atoms with Crippen LogP contribution in [0, 0.1) is 6.92 Å². The van der Waals surface area contributed by atoms with Crippen LogP contribution in [0.5, 0.6) is 0 Å². The molecule has 0 bridgehead atoms. The van der Waals surface area contributed by atoms with Crippen LogP contribution in [0.2, 0.25) is 0 Å². The van der Waals surface area contributed by atoms with Crippen LogP contribution < -0.4 is 10.6 Å². The van der Waals surface area contributed by atoms with Crippen LogP contribution in [0.25, 0.3) is 10.4 Å². The van der Waals surface area contributed by atoms with Crippen LogP contribution in [0.4, 0.5) is 27.8 Å². The molecule has 8 nitrogen and oxygen atoms in total. The van der Waals surface area contributed by atoms with Crippen molar-refractivity contribution in [3.8, 4) is 10.4 Å². The first-order chi connectivity index (χ1) is 18.2. The van der Waals surface area contributed by atoms with Crippen molar-refractivity contribution in [3.05, 3.63) is 28.5 Å². The van der Waals surface area contributed by atoms with E-state index in [1.54, 1.807) is 6.92 Å². The van der Waals surface area contributed by atoms with Crippen molar-refractivity contribution < 1.29 is 36.6 Å². The van der Waals surface area contributed by atoms with E-state index in [1.807, 2.05) is 0 Å². The highest BCUT2D eigenvalue weighted by Crippen LogP contribution is 2.38.